The van der Waals surface area contributed by atoms with Crippen LogP contribution in [0.15, 0.2) is 48.9 Å². The van der Waals surface area contributed by atoms with Crippen LogP contribution in [0.2, 0.25) is 0 Å². The molecule has 6 rings (SSSR count). The molecular formula is C25H24FN7O. The number of anilines is 1. The van der Waals surface area contributed by atoms with E-state index in [1.54, 1.807) is 16.9 Å². The van der Waals surface area contributed by atoms with Crippen molar-refractivity contribution in [3.8, 4) is 11.4 Å². The molecule has 0 fully saturated rings. The standard InChI is InChI=1S/C25H24FN7O/c1-14(13-34)20-12-28-33-24(20)31-23(15-8-16(26)11-27-10-15)32-25(33)29-17-6-7-22-19(9-17)18-4-2-3-5-21(18)30-22/h2-5,8,10-12,14,17,30,34H,6-7,9,13H2,1H3,(H,29,31,32)/t14-,17+/m1/s1. The average molecular weight is 458 g/mol. The van der Waals surface area contributed by atoms with Gasteiger partial charge in [0.15, 0.2) is 11.5 Å². The van der Waals surface area contributed by atoms with Crippen molar-refractivity contribution in [1.29, 1.82) is 0 Å². The van der Waals surface area contributed by atoms with Crippen LogP contribution in [0.25, 0.3) is 27.9 Å². The van der Waals surface area contributed by atoms with Crippen molar-refractivity contribution in [2.75, 3.05) is 11.9 Å². The summed E-state index contributed by atoms with van der Waals surface area (Å²) in [4.78, 5) is 16.9. The zero-order valence-electron chi connectivity index (χ0n) is 18.7. The Labute approximate surface area is 194 Å². The highest BCUT2D eigenvalue weighted by Crippen LogP contribution is 2.31. The molecule has 5 aromatic rings. The van der Waals surface area contributed by atoms with Crippen LogP contribution in [0.1, 0.15) is 36.1 Å². The number of para-hydroxylation sites is 1. The normalized spacial score (nSPS) is 16.6. The van der Waals surface area contributed by atoms with E-state index in [1.165, 1.54) is 22.7 Å². The molecule has 3 N–H and O–H groups in total. The largest absolute Gasteiger partial charge is 0.396 e. The molecule has 4 aromatic heterocycles. The number of fused-ring (bicyclic) bond motifs is 4. The van der Waals surface area contributed by atoms with Crippen LogP contribution < -0.4 is 5.32 Å². The van der Waals surface area contributed by atoms with Crippen molar-refractivity contribution >= 4 is 22.5 Å². The van der Waals surface area contributed by atoms with E-state index in [-0.39, 0.29) is 18.6 Å². The highest BCUT2D eigenvalue weighted by Gasteiger charge is 2.25. The molecule has 172 valence electrons. The van der Waals surface area contributed by atoms with Gasteiger partial charge in [-0.1, -0.05) is 25.1 Å². The molecule has 0 amide bonds. The number of nitrogens with one attached hydrogen (secondary N) is 2. The molecule has 34 heavy (non-hydrogen) atoms. The Morgan fingerprint density at radius 1 is 1.24 bits per heavy atom. The fourth-order valence-electron chi connectivity index (χ4n) is 4.77. The molecule has 1 aromatic carbocycles. The Hall–Kier alpha value is -3.85. The summed E-state index contributed by atoms with van der Waals surface area (Å²) in [7, 11) is 0. The van der Waals surface area contributed by atoms with E-state index in [0.29, 0.717) is 23.0 Å². The number of aryl methyl sites for hydroxylation is 1. The number of H-pyrrole nitrogens is 1. The Balaban J connectivity index is 1.41. The Bertz CT molecular complexity index is 1510. The van der Waals surface area contributed by atoms with E-state index in [4.69, 9.17) is 4.98 Å². The summed E-state index contributed by atoms with van der Waals surface area (Å²) in [5.41, 5.74) is 5.65. The molecule has 0 saturated heterocycles. The SMILES string of the molecule is C[C@H](CO)c1cnn2c(N[C@H]3CCc4[nH]c5ccccc5c4C3)nc(-c3cncc(F)c3)nc12. The summed E-state index contributed by atoms with van der Waals surface area (Å²) in [6.07, 6.45) is 7.13. The van der Waals surface area contributed by atoms with Gasteiger partial charge in [-0.25, -0.2) is 9.37 Å². The highest BCUT2D eigenvalue weighted by atomic mass is 19.1. The Kier molecular flexibility index (Phi) is 4.99. The van der Waals surface area contributed by atoms with E-state index in [1.807, 2.05) is 13.0 Å². The van der Waals surface area contributed by atoms with Gasteiger partial charge in [0.25, 0.3) is 0 Å². The molecule has 1 aliphatic carbocycles. The predicted octanol–water partition coefficient (Wildman–Crippen LogP) is 3.87. The lowest BCUT2D eigenvalue weighted by Crippen LogP contribution is -2.29. The number of aliphatic hydroxyl groups is 1. The summed E-state index contributed by atoms with van der Waals surface area (Å²) in [6, 6.07) is 9.88. The number of aromatic nitrogens is 6. The van der Waals surface area contributed by atoms with Gasteiger partial charge in [-0.05, 0) is 37.0 Å². The first-order valence-corrected chi connectivity index (χ1v) is 11.4. The number of benzene rings is 1. The third-order valence-corrected chi connectivity index (χ3v) is 6.59. The van der Waals surface area contributed by atoms with Gasteiger partial charge in [-0.2, -0.15) is 14.6 Å². The van der Waals surface area contributed by atoms with E-state index >= 15 is 0 Å². The maximum atomic E-state index is 13.9. The highest BCUT2D eigenvalue weighted by molar-refractivity contribution is 5.85. The van der Waals surface area contributed by atoms with Gasteiger partial charge in [0.1, 0.15) is 5.82 Å². The van der Waals surface area contributed by atoms with Crippen molar-refractivity contribution in [2.45, 2.75) is 38.1 Å². The minimum atomic E-state index is -0.452. The summed E-state index contributed by atoms with van der Waals surface area (Å²) >= 11 is 0. The quantitative estimate of drug-likeness (QED) is 0.370. The third-order valence-electron chi connectivity index (χ3n) is 6.59. The van der Waals surface area contributed by atoms with Crippen molar-refractivity contribution in [2.24, 2.45) is 0 Å². The molecule has 0 bridgehead atoms. The van der Waals surface area contributed by atoms with Crippen molar-refractivity contribution in [3.63, 3.8) is 0 Å². The van der Waals surface area contributed by atoms with Gasteiger partial charge in [0.05, 0.1) is 12.4 Å². The number of hydrogen-bond acceptors (Lipinski definition) is 6. The first kappa shape index (κ1) is 20.7. The number of halogens is 1. The minimum absolute atomic E-state index is 0.0308. The molecule has 0 saturated carbocycles. The smallest absolute Gasteiger partial charge is 0.228 e. The van der Waals surface area contributed by atoms with E-state index in [0.717, 1.165) is 36.5 Å². The molecule has 0 unspecified atom stereocenters. The lowest BCUT2D eigenvalue weighted by molar-refractivity contribution is 0.273. The van der Waals surface area contributed by atoms with E-state index < -0.39 is 5.82 Å². The molecule has 0 radical (unpaired) electrons. The number of rotatable bonds is 5. The van der Waals surface area contributed by atoms with E-state index in [9.17, 15) is 9.50 Å². The monoisotopic (exact) mass is 457 g/mol. The number of nitrogens with zero attached hydrogens (tertiary/aromatic N) is 5. The summed E-state index contributed by atoms with van der Waals surface area (Å²) in [5, 5.41) is 19.1. The first-order chi connectivity index (χ1) is 16.6. The number of aliphatic hydroxyl groups excluding tert-OH is 1. The van der Waals surface area contributed by atoms with E-state index in [2.05, 4.69) is 43.6 Å². The molecule has 1 aliphatic rings. The zero-order valence-corrected chi connectivity index (χ0v) is 18.7. The van der Waals surface area contributed by atoms with Gasteiger partial charge in [0, 0.05) is 52.5 Å². The van der Waals surface area contributed by atoms with Crippen LogP contribution in [-0.4, -0.2) is 47.3 Å². The van der Waals surface area contributed by atoms with Gasteiger partial charge < -0.3 is 15.4 Å². The molecular weight excluding hydrogens is 433 g/mol. The Morgan fingerprint density at radius 3 is 2.97 bits per heavy atom. The van der Waals surface area contributed by atoms with Crippen molar-refractivity contribution in [3.05, 3.63) is 71.6 Å². The molecule has 4 heterocycles. The van der Waals surface area contributed by atoms with Crippen LogP contribution in [0.5, 0.6) is 0 Å². The second-order valence-electron chi connectivity index (χ2n) is 8.89. The molecule has 0 aliphatic heterocycles. The topological polar surface area (TPSA) is 104 Å². The number of hydrogen-bond donors (Lipinski definition) is 3. The van der Waals surface area contributed by atoms with Crippen LogP contribution in [0.3, 0.4) is 0 Å². The second kappa shape index (κ2) is 8.18. The molecule has 0 spiro atoms. The van der Waals surface area contributed by atoms with Gasteiger partial charge >= 0.3 is 0 Å². The van der Waals surface area contributed by atoms with Gasteiger partial charge in [-0.3, -0.25) is 4.98 Å². The molecule has 2 atom stereocenters. The number of aromatic amines is 1. The predicted molar refractivity (Wildman–Crippen MR) is 127 cm³/mol. The van der Waals surface area contributed by atoms with Crippen molar-refractivity contribution in [1.82, 2.24) is 29.5 Å². The Morgan fingerprint density at radius 2 is 2.12 bits per heavy atom. The van der Waals surface area contributed by atoms with Crippen LogP contribution in [0, 0.1) is 5.82 Å². The number of pyridine rings is 1. The lowest BCUT2D eigenvalue weighted by atomic mass is 9.91. The molecule has 8 nitrogen and oxygen atoms in total. The van der Waals surface area contributed by atoms with Crippen LogP contribution in [0.4, 0.5) is 10.3 Å². The third kappa shape index (κ3) is 3.49. The van der Waals surface area contributed by atoms with Crippen molar-refractivity contribution < 1.29 is 9.50 Å². The summed E-state index contributed by atoms with van der Waals surface area (Å²) in [5.74, 6) is 0.292. The lowest BCUT2D eigenvalue weighted by Gasteiger charge is -2.24. The molecule has 9 heteroatoms. The minimum Gasteiger partial charge on any atom is -0.396 e. The summed E-state index contributed by atoms with van der Waals surface area (Å²) in [6.45, 7) is 1.88. The van der Waals surface area contributed by atoms with Crippen LogP contribution in [-0.2, 0) is 12.8 Å². The first-order valence-electron chi connectivity index (χ1n) is 11.4. The summed E-state index contributed by atoms with van der Waals surface area (Å²) < 4.78 is 15.6. The fourth-order valence-corrected chi connectivity index (χ4v) is 4.77. The maximum absolute atomic E-state index is 13.9. The second-order valence-corrected chi connectivity index (χ2v) is 8.89. The average Bonchev–Trinajstić information content (AvgIpc) is 3.45. The zero-order chi connectivity index (χ0) is 23.2. The van der Waals surface area contributed by atoms with Crippen LogP contribution >= 0.6 is 0 Å². The fraction of sp³-hybridized carbons (Fsp3) is 0.280. The van der Waals surface area contributed by atoms with Gasteiger partial charge in [0.2, 0.25) is 5.95 Å². The van der Waals surface area contributed by atoms with Gasteiger partial charge in [-0.15, -0.1) is 0 Å². The maximum Gasteiger partial charge on any atom is 0.228 e.